The smallest absolute Gasteiger partial charge is 0.0351 e. The molecule has 0 saturated carbocycles. The quantitative estimate of drug-likeness (QED) is 0.444. The van der Waals surface area contributed by atoms with Crippen LogP contribution in [0, 0.1) is 0 Å². The Morgan fingerprint density at radius 3 is 1.78 bits per heavy atom. The van der Waals surface area contributed by atoms with Crippen molar-refractivity contribution in [1.82, 2.24) is 9.80 Å². The number of alkyl halides is 1. The highest BCUT2D eigenvalue weighted by Crippen LogP contribution is 2.09. The van der Waals surface area contributed by atoms with Gasteiger partial charge in [-0.2, -0.15) is 0 Å². The van der Waals surface area contributed by atoms with Crippen molar-refractivity contribution < 1.29 is 0 Å². The Balaban J connectivity index is 1.88. The Morgan fingerprint density at radius 1 is 0.722 bits per heavy atom. The van der Waals surface area contributed by atoms with E-state index in [2.05, 4.69) is 16.7 Å². The summed E-state index contributed by atoms with van der Waals surface area (Å²) in [5.41, 5.74) is 0. The molecule has 0 unspecified atom stereocenters. The maximum atomic E-state index is 5.77. The number of nitrogens with zero attached hydrogens (tertiary/aromatic N) is 2. The van der Waals surface area contributed by atoms with E-state index in [1.165, 1.54) is 77.7 Å². The lowest BCUT2D eigenvalue weighted by molar-refractivity contribution is 0.136. The van der Waals surface area contributed by atoms with E-state index in [4.69, 9.17) is 11.6 Å². The van der Waals surface area contributed by atoms with Crippen LogP contribution in [-0.4, -0.2) is 54.9 Å². The van der Waals surface area contributed by atoms with Crippen LogP contribution in [-0.2, 0) is 0 Å². The lowest BCUT2D eigenvalue weighted by Crippen LogP contribution is -2.47. The molecule has 1 aliphatic heterocycles. The van der Waals surface area contributed by atoms with Crippen LogP contribution in [0.1, 0.15) is 51.9 Å². The third-order valence-corrected chi connectivity index (χ3v) is 4.11. The Bertz CT molecular complexity index is 179. The van der Waals surface area contributed by atoms with Gasteiger partial charge in [0.2, 0.25) is 0 Å². The van der Waals surface area contributed by atoms with Gasteiger partial charge in [-0.1, -0.05) is 45.4 Å². The zero-order chi connectivity index (χ0) is 13.1. The van der Waals surface area contributed by atoms with E-state index in [0.29, 0.717) is 0 Å². The van der Waals surface area contributed by atoms with Gasteiger partial charge in [0, 0.05) is 38.6 Å². The Kier molecular flexibility index (Phi) is 10.0. The molecule has 2 nitrogen and oxygen atoms in total. The fourth-order valence-electron chi connectivity index (χ4n) is 2.65. The van der Waals surface area contributed by atoms with Gasteiger partial charge in [0.05, 0.1) is 0 Å². The number of hydrogen-bond acceptors (Lipinski definition) is 2. The van der Waals surface area contributed by atoms with Crippen LogP contribution < -0.4 is 0 Å². The molecule has 3 heteroatoms. The minimum absolute atomic E-state index is 0.776. The van der Waals surface area contributed by atoms with Crippen LogP contribution in [0.25, 0.3) is 0 Å². The standard InChI is InChI=1S/C15H31ClN2/c1-2-3-4-5-6-7-8-10-17-12-14-18(11-9-16)15-13-17/h2-15H2,1H3. The predicted molar refractivity (Wildman–Crippen MR) is 81.6 cm³/mol. The van der Waals surface area contributed by atoms with Gasteiger partial charge in [-0.05, 0) is 13.0 Å². The van der Waals surface area contributed by atoms with Gasteiger partial charge in [-0.25, -0.2) is 0 Å². The van der Waals surface area contributed by atoms with E-state index in [9.17, 15) is 0 Å². The lowest BCUT2D eigenvalue weighted by Gasteiger charge is -2.34. The van der Waals surface area contributed by atoms with Gasteiger partial charge < -0.3 is 4.90 Å². The van der Waals surface area contributed by atoms with Crippen LogP contribution in [0.2, 0.25) is 0 Å². The van der Waals surface area contributed by atoms with Crippen molar-refractivity contribution in [3.05, 3.63) is 0 Å². The maximum absolute atomic E-state index is 5.77. The average molecular weight is 275 g/mol. The molecule has 0 bridgehead atoms. The fraction of sp³-hybridized carbons (Fsp3) is 1.00. The first-order chi connectivity index (χ1) is 8.86. The average Bonchev–Trinajstić information content (AvgIpc) is 2.40. The van der Waals surface area contributed by atoms with Crippen molar-refractivity contribution >= 4 is 11.6 Å². The second-order valence-corrected chi connectivity index (χ2v) is 5.87. The summed E-state index contributed by atoms with van der Waals surface area (Å²) in [6.07, 6.45) is 9.90. The first-order valence-electron chi connectivity index (χ1n) is 7.87. The number of hydrogen-bond donors (Lipinski definition) is 0. The molecular weight excluding hydrogens is 244 g/mol. The first-order valence-corrected chi connectivity index (χ1v) is 8.41. The lowest BCUT2D eigenvalue weighted by atomic mass is 10.1. The molecule has 1 rings (SSSR count). The summed E-state index contributed by atoms with van der Waals surface area (Å²) in [7, 11) is 0. The number of rotatable bonds is 10. The summed E-state index contributed by atoms with van der Waals surface area (Å²) in [5, 5.41) is 0. The highest BCUT2D eigenvalue weighted by Gasteiger charge is 2.15. The monoisotopic (exact) mass is 274 g/mol. The number of unbranched alkanes of at least 4 members (excludes halogenated alkanes) is 6. The maximum Gasteiger partial charge on any atom is 0.0351 e. The van der Waals surface area contributed by atoms with Gasteiger partial charge in [0.15, 0.2) is 0 Å². The highest BCUT2D eigenvalue weighted by atomic mass is 35.5. The Morgan fingerprint density at radius 2 is 1.22 bits per heavy atom. The molecule has 18 heavy (non-hydrogen) atoms. The van der Waals surface area contributed by atoms with Crippen molar-refractivity contribution in [3.8, 4) is 0 Å². The van der Waals surface area contributed by atoms with Gasteiger partial charge >= 0.3 is 0 Å². The molecule has 0 N–H and O–H groups in total. The summed E-state index contributed by atoms with van der Waals surface area (Å²) in [4.78, 5) is 5.10. The number of piperazine rings is 1. The van der Waals surface area contributed by atoms with Crippen molar-refractivity contribution in [2.24, 2.45) is 0 Å². The van der Waals surface area contributed by atoms with E-state index >= 15 is 0 Å². The van der Waals surface area contributed by atoms with Crippen molar-refractivity contribution in [1.29, 1.82) is 0 Å². The largest absolute Gasteiger partial charge is 0.301 e. The van der Waals surface area contributed by atoms with E-state index < -0.39 is 0 Å². The van der Waals surface area contributed by atoms with Gasteiger partial charge in [0.25, 0.3) is 0 Å². The Labute approximate surface area is 119 Å². The van der Waals surface area contributed by atoms with E-state index in [1.807, 2.05) is 0 Å². The van der Waals surface area contributed by atoms with Crippen LogP contribution in [0.15, 0.2) is 0 Å². The topological polar surface area (TPSA) is 6.48 Å². The molecule has 0 amide bonds. The SMILES string of the molecule is CCCCCCCCCN1CCN(CCCl)CC1. The molecule has 0 atom stereocenters. The summed E-state index contributed by atoms with van der Waals surface area (Å²) in [6, 6.07) is 0. The molecule has 108 valence electrons. The van der Waals surface area contributed by atoms with Crippen molar-refractivity contribution in [3.63, 3.8) is 0 Å². The van der Waals surface area contributed by atoms with Gasteiger partial charge in [-0.15, -0.1) is 11.6 Å². The molecule has 1 aliphatic rings. The normalized spacial score (nSPS) is 18.3. The molecule has 0 aromatic heterocycles. The van der Waals surface area contributed by atoms with E-state index in [-0.39, 0.29) is 0 Å². The fourth-order valence-corrected chi connectivity index (χ4v) is 2.89. The van der Waals surface area contributed by atoms with Crippen molar-refractivity contribution in [2.45, 2.75) is 51.9 Å². The minimum Gasteiger partial charge on any atom is -0.301 e. The molecule has 1 heterocycles. The highest BCUT2D eigenvalue weighted by molar-refractivity contribution is 6.18. The third kappa shape index (κ3) is 7.60. The second-order valence-electron chi connectivity index (χ2n) is 5.49. The summed E-state index contributed by atoms with van der Waals surface area (Å²) in [5.74, 6) is 0.776. The first kappa shape index (κ1) is 16.3. The van der Waals surface area contributed by atoms with Gasteiger partial charge in [0.1, 0.15) is 0 Å². The zero-order valence-corrected chi connectivity index (χ0v) is 12.9. The number of halogens is 1. The zero-order valence-electron chi connectivity index (χ0n) is 12.2. The van der Waals surface area contributed by atoms with Crippen LogP contribution in [0.5, 0.6) is 0 Å². The second kappa shape index (κ2) is 11.1. The minimum atomic E-state index is 0.776. The van der Waals surface area contributed by atoms with E-state index in [1.54, 1.807) is 0 Å². The van der Waals surface area contributed by atoms with Gasteiger partial charge in [-0.3, -0.25) is 4.90 Å². The third-order valence-electron chi connectivity index (χ3n) is 3.94. The summed E-state index contributed by atoms with van der Waals surface area (Å²) < 4.78 is 0. The molecule has 0 aromatic rings. The molecule has 0 spiro atoms. The molecule has 1 saturated heterocycles. The molecule has 0 aliphatic carbocycles. The van der Waals surface area contributed by atoms with Crippen LogP contribution >= 0.6 is 11.6 Å². The molecule has 0 aromatic carbocycles. The Hall–Kier alpha value is 0.210. The van der Waals surface area contributed by atoms with E-state index in [0.717, 1.165) is 12.4 Å². The predicted octanol–water partition coefficient (Wildman–Crippen LogP) is 3.59. The summed E-state index contributed by atoms with van der Waals surface area (Å²) >= 11 is 5.77. The van der Waals surface area contributed by atoms with Crippen LogP contribution in [0.3, 0.4) is 0 Å². The van der Waals surface area contributed by atoms with Crippen molar-refractivity contribution in [2.75, 3.05) is 45.1 Å². The van der Waals surface area contributed by atoms with Crippen LogP contribution in [0.4, 0.5) is 0 Å². The summed E-state index contributed by atoms with van der Waals surface area (Å²) in [6.45, 7) is 9.56. The molecule has 1 fully saturated rings. The molecule has 0 radical (unpaired) electrons. The molecular formula is C15H31ClN2.